The molecule has 10 nitrogen and oxygen atoms in total. The zero-order valence-electron chi connectivity index (χ0n) is 17.3. The van der Waals surface area contributed by atoms with Crippen LogP contribution in [0.25, 0.3) is 11.3 Å². The summed E-state index contributed by atoms with van der Waals surface area (Å²) in [6, 6.07) is 5.26. The summed E-state index contributed by atoms with van der Waals surface area (Å²) in [5.41, 5.74) is 7.84. The Balaban J connectivity index is 0.000000479. The number of rotatable bonds is 6. The van der Waals surface area contributed by atoms with Crippen LogP contribution in [-0.4, -0.2) is 51.2 Å². The summed E-state index contributed by atoms with van der Waals surface area (Å²) >= 11 is 6.27. The lowest BCUT2D eigenvalue weighted by atomic mass is 10.1. The van der Waals surface area contributed by atoms with E-state index in [1.54, 1.807) is 43.0 Å². The molecule has 1 amide bonds. The summed E-state index contributed by atoms with van der Waals surface area (Å²) in [4.78, 5) is 21.3. The molecule has 0 aliphatic rings. The molecular formula is C19H19ClF3N5O5. The number of amides is 1. The molecule has 0 radical (unpaired) electrons. The Morgan fingerprint density at radius 2 is 2.00 bits per heavy atom. The molecule has 2 aromatic heterocycles. The molecule has 33 heavy (non-hydrogen) atoms. The molecule has 0 aliphatic carbocycles. The third-order valence-electron chi connectivity index (χ3n) is 4.00. The number of aromatic nitrogens is 3. The van der Waals surface area contributed by atoms with Crippen LogP contribution >= 0.6 is 11.6 Å². The number of nitrogens with two attached hydrogens (primary N) is 1. The van der Waals surface area contributed by atoms with Gasteiger partial charge in [0.15, 0.2) is 0 Å². The van der Waals surface area contributed by atoms with Crippen molar-refractivity contribution in [3.63, 3.8) is 0 Å². The highest BCUT2D eigenvalue weighted by atomic mass is 35.5. The van der Waals surface area contributed by atoms with Gasteiger partial charge in [0.2, 0.25) is 0 Å². The molecule has 0 saturated carbocycles. The van der Waals surface area contributed by atoms with Crippen molar-refractivity contribution in [1.29, 1.82) is 0 Å². The molecule has 0 atom stereocenters. The van der Waals surface area contributed by atoms with E-state index < -0.39 is 12.1 Å². The number of carbonyl (C=O) groups excluding carboxylic acids is 1. The Labute approximate surface area is 190 Å². The second kappa shape index (κ2) is 10.8. The maximum absolute atomic E-state index is 12.4. The Bertz CT molecular complexity index is 1110. The number of benzene rings is 1. The highest BCUT2D eigenvalue weighted by Gasteiger charge is 2.38. The van der Waals surface area contributed by atoms with Gasteiger partial charge in [0.05, 0.1) is 23.1 Å². The summed E-state index contributed by atoms with van der Waals surface area (Å²) in [6.45, 7) is 2.41. The van der Waals surface area contributed by atoms with E-state index in [0.29, 0.717) is 52.2 Å². The van der Waals surface area contributed by atoms with Crippen molar-refractivity contribution < 1.29 is 37.1 Å². The highest BCUT2D eigenvalue weighted by Crippen LogP contribution is 2.36. The van der Waals surface area contributed by atoms with E-state index in [9.17, 15) is 18.0 Å². The van der Waals surface area contributed by atoms with E-state index in [1.807, 2.05) is 0 Å². The van der Waals surface area contributed by atoms with Crippen LogP contribution in [0, 0.1) is 6.92 Å². The normalized spacial score (nSPS) is 10.9. The summed E-state index contributed by atoms with van der Waals surface area (Å²) in [6.07, 6.45) is -2.16. The van der Waals surface area contributed by atoms with E-state index in [-0.39, 0.29) is 5.91 Å². The predicted octanol–water partition coefficient (Wildman–Crippen LogP) is 3.26. The fourth-order valence-electron chi connectivity index (χ4n) is 2.52. The number of aliphatic carboxylic acids is 1. The Kier molecular flexibility index (Phi) is 8.43. The highest BCUT2D eigenvalue weighted by molar-refractivity contribution is 6.33. The molecule has 0 saturated heterocycles. The zero-order chi connectivity index (χ0) is 24.8. The van der Waals surface area contributed by atoms with Gasteiger partial charge in [-0.15, -0.1) is 0 Å². The third kappa shape index (κ3) is 6.70. The van der Waals surface area contributed by atoms with Gasteiger partial charge >= 0.3 is 12.1 Å². The minimum Gasteiger partial charge on any atom is -0.492 e. The number of aryl methyl sites for hydroxylation is 2. The summed E-state index contributed by atoms with van der Waals surface area (Å²) in [7, 11) is 1.78. The standard InChI is InChI=1S/C17H18ClN5O3.C2HF3O2/c1-10-13(8-21-26-10)17(24)22-11-3-4-15(25-6-5-19)12(7-11)16-14(18)9-20-23(16)2;3-2(4,5)1(6)7/h3-4,7-9H,5-6,19H2,1-2H3,(H,22,24);(H,6,7). The number of anilines is 1. The van der Waals surface area contributed by atoms with Gasteiger partial charge in [0.25, 0.3) is 5.91 Å². The predicted molar refractivity (Wildman–Crippen MR) is 111 cm³/mol. The molecule has 0 fully saturated rings. The largest absolute Gasteiger partial charge is 0.492 e. The second-order valence-electron chi connectivity index (χ2n) is 6.37. The molecule has 178 valence electrons. The average molecular weight is 490 g/mol. The topological polar surface area (TPSA) is 145 Å². The lowest BCUT2D eigenvalue weighted by Crippen LogP contribution is -2.21. The second-order valence-corrected chi connectivity index (χ2v) is 6.77. The van der Waals surface area contributed by atoms with Crippen molar-refractivity contribution in [2.45, 2.75) is 13.1 Å². The van der Waals surface area contributed by atoms with Crippen molar-refractivity contribution in [1.82, 2.24) is 14.9 Å². The number of hydrogen-bond donors (Lipinski definition) is 3. The smallest absolute Gasteiger partial charge is 0.490 e. The summed E-state index contributed by atoms with van der Waals surface area (Å²) in [5.74, 6) is -2.03. The Morgan fingerprint density at radius 1 is 1.33 bits per heavy atom. The maximum atomic E-state index is 12.4. The number of nitrogens with one attached hydrogen (secondary N) is 1. The van der Waals surface area contributed by atoms with Gasteiger partial charge in [-0.25, -0.2) is 4.79 Å². The lowest BCUT2D eigenvalue weighted by Gasteiger charge is -2.14. The molecule has 3 aromatic rings. The van der Waals surface area contributed by atoms with Crippen LogP contribution < -0.4 is 15.8 Å². The number of carbonyl (C=O) groups is 2. The van der Waals surface area contributed by atoms with Gasteiger partial charge in [0.1, 0.15) is 23.7 Å². The van der Waals surface area contributed by atoms with Gasteiger partial charge in [-0.2, -0.15) is 18.3 Å². The van der Waals surface area contributed by atoms with Crippen LogP contribution in [0.5, 0.6) is 5.75 Å². The van der Waals surface area contributed by atoms with Gasteiger partial charge < -0.3 is 25.4 Å². The molecule has 0 spiro atoms. The van der Waals surface area contributed by atoms with Crippen LogP contribution in [0.1, 0.15) is 16.1 Å². The van der Waals surface area contributed by atoms with Gasteiger partial charge in [-0.05, 0) is 25.1 Å². The number of ether oxygens (including phenoxy) is 1. The van der Waals surface area contributed by atoms with E-state index in [2.05, 4.69) is 15.6 Å². The lowest BCUT2D eigenvalue weighted by molar-refractivity contribution is -0.192. The maximum Gasteiger partial charge on any atom is 0.490 e. The van der Waals surface area contributed by atoms with Gasteiger partial charge in [-0.3, -0.25) is 9.48 Å². The molecule has 3 rings (SSSR count). The number of carboxylic acid groups (broad SMARTS) is 1. The first kappa shape index (κ1) is 25.7. The van der Waals surface area contributed by atoms with Crippen LogP contribution in [0.2, 0.25) is 5.02 Å². The quantitative estimate of drug-likeness (QED) is 0.478. The SMILES string of the molecule is Cc1oncc1C(=O)Nc1ccc(OCCN)c(-c2c(Cl)cnn2C)c1.O=C(O)C(F)(F)F. The Morgan fingerprint density at radius 3 is 2.48 bits per heavy atom. The first-order chi connectivity index (χ1) is 15.5. The molecule has 1 aromatic carbocycles. The van der Waals surface area contributed by atoms with Crippen molar-refractivity contribution in [2.75, 3.05) is 18.5 Å². The minimum absolute atomic E-state index is 0.318. The first-order valence-electron chi connectivity index (χ1n) is 9.13. The van der Waals surface area contributed by atoms with E-state index in [1.165, 1.54) is 6.20 Å². The van der Waals surface area contributed by atoms with Crippen molar-refractivity contribution in [3.05, 3.63) is 46.9 Å². The third-order valence-corrected chi connectivity index (χ3v) is 4.28. The molecule has 0 aliphatic heterocycles. The number of hydrogen-bond acceptors (Lipinski definition) is 7. The van der Waals surface area contributed by atoms with Crippen molar-refractivity contribution in [2.24, 2.45) is 12.8 Å². The molecular weight excluding hydrogens is 471 g/mol. The fourth-order valence-corrected chi connectivity index (χ4v) is 2.78. The fraction of sp³-hybridized carbons (Fsp3) is 0.263. The van der Waals surface area contributed by atoms with Crippen molar-refractivity contribution in [3.8, 4) is 17.0 Å². The first-order valence-corrected chi connectivity index (χ1v) is 9.51. The zero-order valence-corrected chi connectivity index (χ0v) is 18.1. The van der Waals surface area contributed by atoms with Crippen LogP contribution in [-0.2, 0) is 11.8 Å². The average Bonchev–Trinajstić information content (AvgIpc) is 3.31. The van der Waals surface area contributed by atoms with Gasteiger partial charge in [0, 0.05) is 24.8 Å². The molecule has 2 heterocycles. The number of carboxylic acids is 1. The van der Waals surface area contributed by atoms with Crippen LogP contribution in [0.4, 0.5) is 18.9 Å². The molecule has 0 bridgehead atoms. The number of nitrogens with zero attached hydrogens (tertiary/aromatic N) is 3. The van der Waals surface area contributed by atoms with E-state index in [0.717, 1.165) is 0 Å². The summed E-state index contributed by atoms with van der Waals surface area (Å²) < 4.78 is 44.0. The molecule has 4 N–H and O–H groups in total. The minimum atomic E-state index is -5.08. The Hall–Kier alpha value is -3.58. The molecule has 0 unspecified atom stereocenters. The monoisotopic (exact) mass is 489 g/mol. The summed E-state index contributed by atoms with van der Waals surface area (Å²) in [5, 5.41) is 18.2. The number of alkyl halides is 3. The van der Waals surface area contributed by atoms with E-state index >= 15 is 0 Å². The van der Waals surface area contributed by atoms with Crippen molar-refractivity contribution >= 4 is 29.2 Å². The van der Waals surface area contributed by atoms with Crippen LogP contribution in [0.3, 0.4) is 0 Å². The van der Waals surface area contributed by atoms with E-state index in [4.69, 9.17) is 36.5 Å². The van der Waals surface area contributed by atoms with Crippen LogP contribution in [0.15, 0.2) is 35.1 Å². The molecule has 14 heteroatoms. The van der Waals surface area contributed by atoms with Gasteiger partial charge in [-0.1, -0.05) is 16.8 Å². The number of halogens is 4.